The summed E-state index contributed by atoms with van der Waals surface area (Å²) in [5.74, 6) is 0.137. The molecule has 1 aromatic carbocycles. The molecule has 4 rings (SSSR count). The highest BCUT2D eigenvalue weighted by molar-refractivity contribution is 5.79. The van der Waals surface area contributed by atoms with Crippen LogP contribution in [0.15, 0.2) is 48.8 Å². The zero-order valence-electron chi connectivity index (χ0n) is 14.6. The lowest BCUT2D eigenvalue weighted by Gasteiger charge is -2.32. The van der Waals surface area contributed by atoms with Gasteiger partial charge in [-0.3, -0.25) is 20.6 Å². The van der Waals surface area contributed by atoms with E-state index in [9.17, 15) is 9.18 Å². The minimum atomic E-state index is -0.224. The van der Waals surface area contributed by atoms with Crippen LogP contribution >= 0.6 is 0 Å². The van der Waals surface area contributed by atoms with Gasteiger partial charge in [-0.15, -0.1) is 0 Å². The number of hydrazine groups is 1. The van der Waals surface area contributed by atoms with E-state index in [0.29, 0.717) is 6.42 Å². The second-order valence-electron chi connectivity index (χ2n) is 7.04. The molecule has 2 aromatic rings. The summed E-state index contributed by atoms with van der Waals surface area (Å²) in [6, 6.07) is 10.8. The summed E-state index contributed by atoms with van der Waals surface area (Å²) in [5.41, 5.74) is 8.63. The van der Waals surface area contributed by atoms with Gasteiger partial charge in [-0.25, -0.2) is 4.39 Å². The van der Waals surface area contributed by atoms with Gasteiger partial charge in [-0.05, 0) is 42.2 Å². The van der Waals surface area contributed by atoms with Gasteiger partial charge in [-0.2, -0.15) is 0 Å². The molecular weight excluding hydrogens is 331 g/mol. The zero-order valence-corrected chi connectivity index (χ0v) is 14.6. The lowest BCUT2D eigenvalue weighted by molar-refractivity contribution is -0.131. The van der Waals surface area contributed by atoms with Gasteiger partial charge in [0.05, 0.1) is 6.42 Å². The maximum atomic E-state index is 13.3. The number of carbonyl (C=O) groups is 1. The number of aromatic nitrogens is 1. The maximum Gasteiger partial charge on any atom is 0.227 e. The minimum Gasteiger partial charge on any atom is -0.338 e. The Balaban J connectivity index is 1.50. The van der Waals surface area contributed by atoms with Crippen LogP contribution in [-0.4, -0.2) is 41.0 Å². The summed E-state index contributed by atoms with van der Waals surface area (Å²) in [6.07, 6.45) is 5.84. The molecule has 2 aliphatic rings. The number of halogens is 1. The third-order valence-electron chi connectivity index (χ3n) is 5.43. The molecule has 5 nitrogen and oxygen atoms in total. The van der Waals surface area contributed by atoms with Crippen LogP contribution in [0.2, 0.25) is 0 Å². The predicted molar refractivity (Wildman–Crippen MR) is 96.7 cm³/mol. The number of benzene rings is 1. The van der Waals surface area contributed by atoms with Crippen LogP contribution in [-0.2, 0) is 11.2 Å². The van der Waals surface area contributed by atoms with Crippen molar-refractivity contribution in [1.82, 2.24) is 20.7 Å². The number of rotatable bonds is 4. The Labute approximate surface area is 152 Å². The van der Waals surface area contributed by atoms with Gasteiger partial charge >= 0.3 is 0 Å². The molecule has 2 saturated heterocycles. The molecule has 0 aliphatic carbocycles. The number of likely N-dealkylation sites (tertiary alicyclic amines) is 1. The van der Waals surface area contributed by atoms with Crippen LogP contribution in [0.25, 0.3) is 0 Å². The van der Waals surface area contributed by atoms with E-state index in [0.717, 1.165) is 37.1 Å². The fourth-order valence-corrected chi connectivity index (χ4v) is 4.17. The maximum absolute atomic E-state index is 13.3. The van der Waals surface area contributed by atoms with Crippen LogP contribution in [0.4, 0.5) is 4.39 Å². The second kappa shape index (κ2) is 7.51. The Morgan fingerprint density at radius 1 is 1.27 bits per heavy atom. The molecular formula is C20H23FN4O. The van der Waals surface area contributed by atoms with Crippen molar-refractivity contribution < 1.29 is 9.18 Å². The Bertz CT molecular complexity index is 752. The lowest BCUT2D eigenvalue weighted by atomic mass is 9.87. The molecule has 2 aliphatic heterocycles. The first-order valence-corrected chi connectivity index (χ1v) is 9.14. The molecule has 136 valence electrons. The van der Waals surface area contributed by atoms with Crippen LogP contribution in [0.3, 0.4) is 0 Å². The topological polar surface area (TPSA) is 57.3 Å². The van der Waals surface area contributed by atoms with Gasteiger partial charge in [0, 0.05) is 43.5 Å². The summed E-state index contributed by atoms with van der Waals surface area (Å²) < 4.78 is 13.3. The summed E-state index contributed by atoms with van der Waals surface area (Å²) in [5, 5.41) is 0. The highest BCUT2D eigenvalue weighted by Crippen LogP contribution is 2.31. The number of pyridine rings is 1. The summed E-state index contributed by atoms with van der Waals surface area (Å²) in [7, 11) is 0. The van der Waals surface area contributed by atoms with Gasteiger partial charge in [0.15, 0.2) is 0 Å². The number of nitrogens with one attached hydrogen (secondary N) is 2. The Morgan fingerprint density at radius 2 is 2.12 bits per heavy atom. The average Bonchev–Trinajstić information content (AvgIpc) is 3.32. The van der Waals surface area contributed by atoms with Crippen LogP contribution in [0, 0.1) is 5.82 Å². The van der Waals surface area contributed by atoms with Crippen molar-refractivity contribution >= 4 is 5.91 Å². The molecule has 1 amide bonds. The zero-order chi connectivity index (χ0) is 17.9. The quantitative estimate of drug-likeness (QED) is 0.882. The first kappa shape index (κ1) is 17.1. The van der Waals surface area contributed by atoms with Gasteiger partial charge in [-0.1, -0.05) is 18.2 Å². The van der Waals surface area contributed by atoms with Crippen LogP contribution < -0.4 is 10.9 Å². The number of hydrogen-bond donors (Lipinski definition) is 2. The molecule has 0 saturated carbocycles. The van der Waals surface area contributed by atoms with E-state index in [-0.39, 0.29) is 29.7 Å². The Kier molecular flexibility index (Phi) is 4.95. The second-order valence-corrected chi connectivity index (χ2v) is 7.04. The monoisotopic (exact) mass is 354 g/mol. The first-order valence-electron chi connectivity index (χ1n) is 9.14. The van der Waals surface area contributed by atoms with Gasteiger partial charge in [0.25, 0.3) is 0 Å². The minimum absolute atomic E-state index is 0.126. The average molecular weight is 354 g/mol. The molecule has 3 heterocycles. The van der Waals surface area contributed by atoms with Crippen LogP contribution in [0.5, 0.6) is 0 Å². The standard InChI is InChI=1S/C20H23FN4O/c21-16-7-5-15(6-8-16)17-13-23-24-20(17)18-4-2-10-25(18)19(26)11-14-3-1-9-22-12-14/h1,3,5-9,12,17-18,20,23-24H,2,4,10-11,13H2. The third-order valence-corrected chi connectivity index (χ3v) is 5.43. The van der Waals surface area contributed by atoms with Crippen LogP contribution in [0.1, 0.15) is 29.9 Å². The fourth-order valence-electron chi connectivity index (χ4n) is 4.17. The van der Waals surface area contributed by atoms with E-state index >= 15 is 0 Å². The van der Waals surface area contributed by atoms with Crippen molar-refractivity contribution in [2.75, 3.05) is 13.1 Å². The number of nitrogens with zero attached hydrogens (tertiary/aromatic N) is 2. The smallest absolute Gasteiger partial charge is 0.227 e. The molecule has 2 N–H and O–H groups in total. The van der Waals surface area contributed by atoms with Crippen molar-refractivity contribution in [2.24, 2.45) is 0 Å². The highest BCUT2D eigenvalue weighted by atomic mass is 19.1. The molecule has 2 fully saturated rings. The summed E-state index contributed by atoms with van der Waals surface area (Å²) in [4.78, 5) is 19.0. The molecule has 0 radical (unpaired) electrons. The fraction of sp³-hybridized carbons (Fsp3) is 0.400. The van der Waals surface area contributed by atoms with Gasteiger partial charge in [0.1, 0.15) is 5.82 Å². The SMILES string of the molecule is O=C(Cc1cccnc1)N1CCCC1C1NNCC1c1ccc(F)cc1. The number of amides is 1. The molecule has 3 unspecified atom stereocenters. The predicted octanol–water partition coefficient (Wildman–Crippen LogP) is 2.01. The molecule has 6 heteroatoms. The van der Waals surface area contributed by atoms with E-state index in [2.05, 4.69) is 15.8 Å². The van der Waals surface area contributed by atoms with Crippen molar-refractivity contribution in [3.63, 3.8) is 0 Å². The van der Waals surface area contributed by atoms with E-state index in [1.165, 1.54) is 12.1 Å². The first-order chi connectivity index (χ1) is 12.7. The number of carbonyl (C=O) groups excluding carboxylic acids is 1. The Morgan fingerprint density at radius 3 is 2.88 bits per heavy atom. The lowest BCUT2D eigenvalue weighted by Crippen LogP contribution is -2.50. The molecule has 1 aromatic heterocycles. The van der Waals surface area contributed by atoms with Crippen molar-refractivity contribution in [1.29, 1.82) is 0 Å². The molecule has 0 spiro atoms. The van der Waals surface area contributed by atoms with Crippen molar-refractivity contribution in [2.45, 2.75) is 37.3 Å². The normalized spacial score (nSPS) is 25.6. The van der Waals surface area contributed by atoms with E-state index < -0.39 is 0 Å². The van der Waals surface area contributed by atoms with Gasteiger partial charge < -0.3 is 4.90 Å². The highest BCUT2D eigenvalue weighted by Gasteiger charge is 2.41. The Hall–Kier alpha value is -2.31. The van der Waals surface area contributed by atoms with Gasteiger partial charge in [0.2, 0.25) is 5.91 Å². The number of hydrogen-bond acceptors (Lipinski definition) is 4. The van der Waals surface area contributed by atoms with E-state index in [1.807, 2.05) is 29.2 Å². The largest absolute Gasteiger partial charge is 0.338 e. The summed E-state index contributed by atoms with van der Waals surface area (Å²) in [6.45, 7) is 1.56. The molecule has 0 bridgehead atoms. The van der Waals surface area contributed by atoms with E-state index in [1.54, 1.807) is 12.4 Å². The molecule has 3 atom stereocenters. The van der Waals surface area contributed by atoms with E-state index in [4.69, 9.17) is 0 Å². The van der Waals surface area contributed by atoms with Crippen molar-refractivity contribution in [3.8, 4) is 0 Å². The third kappa shape index (κ3) is 3.48. The summed E-state index contributed by atoms with van der Waals surface area (Å²) >= 11 is 0. The van der Waals surface area contributed by atoms with Crippen molar-refractivity contribution in [3.05, 3.63) is 65.7 Å². The molecule has 26 heavy (non-hydrogen) atoms.